The van der Waals surface area contributed by atoms with E-state index in [0.717, 1.165) is 5.56 Å². The highest BCUT2D eigenvalue weighted by atomic mass is 16.4. The van der Waals surface area contributed by atoms with E-state index in [4.69, 9.17) is 10.4 Å². The zero-order valence-corrected chi connectivity index (χ0v) is 10.8. The monoisotopic (exact) mass is 260 g/mol. The van der Waals surface area contributed by atoms with Crippen molar-refractivity contribution >= 4 is 11.9 Å². The Morgan fingerprint density at radius 3 is 2.42 bits per heavy atom. The summed E-state index contributed by atoms with van der Waals surface area (Å²) < 4.78 is 0. The van der Waals surface area contributed by atoms with Crippen LogP contribution in [0.1, 0.15) is 30.4 Å². The lowest BCUT2D eigenvalue weighted by Gasteiger charge is -2.17. The summed E-state index contributed by atoms with van der Waals surface area (Å²) in [6.45, 7) is 0.456. The van der Waals surface area contributed by atoms with Crippen LogP contribution >= 0.6 is 0 Å². The highest BCUT2D eigenvalue weighted by Crippen LogP contribution is 2.08. The Bertz CT molecular complexity index is 488. The van der Waals surface area contributed by atoms with Crippen LogP contribution in [0.3, 0.4) is 0 Å². The summed E-state index contributed by atoms with van der Waals surface area (Å²) in [6.07, 6.45) is 0.599. The molecule has 0 fully saturated rings. The minimum Gasteiger partial charge on any atom is -0.481 e. The molecule has 0 aliphatic carbocycles. The zero-order valence-electron chi connectivity index (χ0n) is 10.8. The molecule has 0 heterocycles. The summed E-state index contributed by atoms with van der Waals surface area (Å²) in [5, 5.41) is 17.2. The molecule has 0 saturated heterocycles. The molecule has 0 atom stereocenters. The number of carboxylic acids is 1. The third-order valence-corrected chi connectivity index (χ3v) is 2.71. The van der Waals surface area contributed by atoms with Crippen LogP contribution in [0.25, 0.3) is 0 Å². The third-order valence-electron chi connectivity index (χ3n) is 2.71. The summed E-state index contributed by atoms with van der Waals surface area (Å²) >= 11 is 0. The fourth-order valence-electron chi connectivity index (χ4n) is 1.63. The molecule has 1 aromatic carbocycles. The fourth-order valence-corrected chi connectivity index (χ4v) is 1.63. The summed E-state index contributed by atoms with van der Waals surface area (Å²) in [4.78, 5) is 23.6. The number of nitrogens with zero attached hydrogens (tertiary/aromatic N) is 2. The van der Waals surface area contributed by atoms with Crippen molar-refractivity contribution in [3.63, 3.8) is 0 Å². The number of nitriles is 1. The lowest BCUT2D eigenvalue weighted by Crippen LogP contribution is -2.26. The summed E-state index contributed by atoms with van der Waals surface area (Å²) in [6, 6.07) is 9.06. The Labute approximate surface area is 112 Å². The first-order valence-electron chi connectivity index (χ1n) is 5.97. The summed E-state index contributed by atoms with van der Waals surface area (Å²) in [7, 11) is 1.68. The third kappa shape index (κ3) is 5.21. The number of hydrogen-bond donors (Lipinski definition) is 1. The minimum absolute atomic E-state index is 0.0104. The van der Waals surface area contributed by atoms with E-state index in [2.05, 4.69) is 0 Å². The lowest BCUT2D eigenvalue weighted by molar-refractivity contribution is -0.137. The van der Waals surface area contributed by atoms with Gasteiger partial charge in [-0.2, -0.15) is 5.26 Å². The van der Waals surface area contributed by atoms with Crippen LogP contribution in [0.2, 0.25) is 0 Å². The van der Waals surface area contributed by atoms with Crippen molar-refractivity contribution in [2.24, 2.45) is 0 Å². The molecule has 0 radical (unpaired) electrons. The second-order valence-electron chi connectivity index (χ2n) is 4.31. The first kappa shape index (κ1) is 14.7. The van der Waals surface area contributed by atoms with Crippen molar-refractivity contribution < 1.29 is 14.7 Å². The van der Waals surface area contributed by atoms with Gasteiger partial charge in [-0.3, -0.25) is 9.59 Å². The molecule has 19 heavy (non-hydrogen) atoms. The normalized spacial score (nSPS) is 9.68. The molecule has 1 N–H and O–H groups in total. The van der Waals surface area contributed by atoms with Gasteiger partial charge in [0.1, 0.15) is 0 Å². The van der Waals surface area contributed by atoms with Gasteiger partial charge in [0.2, 0.25) is 5.91 Å². The second kappa shape index (κ2) is 7.17. The number of rotatable bonds is 6. The average molecular weight is 260 g/mol. The predicted molar refractivity (Wildman–Crippen MR) is 69.1 cm³/mol. The molecule has 0 aliphatic heterocycles. The van der Waals surface area contributed by atoms with E-state index >= 15 is 0 Å². The van der Waals surface area contributed by atoms with Gasteiger partial charge in [-0.1, -0.05) is 12.1 Å². The number of hydrogen-bond acceptors (Lipinski definition) is 3. The Kier molecular flexibility index (Phi) is 5.55. The van der Waals surface area contributed by atoms with Gasteiger partial charge in [0.25, 0.3) is 0 Å². The topological polar surface area (TPSA) is 81.4 Å². The quantitative estimate of drug-likeness (QED) is 0.845. The number of benzene rings is 1. The van der Waals surface area contributed by atoms with E-state index in [9.17, 15) is 9.59 Å². The van der Waals surface area contributed by atoms with E-state index in [1.807, 2.05) is 6.07 Å². The number of carboxylic acid groups (broad SMARTS) is 1. The number of carbonyl (C=O) groups is 2. The summed E-state index contributed by atoms with van der Waals surface area (Å²) in [5.74, 6) is -0.965. The van der Waals surface area contributed by atoms with Gasteiger partial charge in [0, 0.05) is 26.4 Å². The van der Waals surface area contributed by atoms with Crippen LogP contribution in [0, 0.1) is 11.3 Å². The predicted octanol–water partition coefficient (Wildman–Crippen LogP) is 1.77. The molecular weight excluding hydrogens is 244 g/mol. The molecule has 0 aromatic heterocycles. The molecule has 0 saturated carbocycles. The van der Waals surface area contributed by atoms with Crippen LogP contribution < -0.4 is 0 Å². The Hall–Kier alpha value is -2.35. The van der Waals surface area contributed by atoms with E-state index < -0.39 is 5.97 Å². The highest BCUT2D eigenvalue weighted by Gasteiger charge is 2.10. The van der Waals surface area contributed by atoms with Crippen LogP contribution in [-0.2, 0) is 16.1 Å². The van der Waals surface area contributed by atoms with E-state index in [1.54, 1.807) is 36.2 Å². The number of amides is 1. The molecule has 0 bridgehead atoms. The van der Waals surface area contributed by atoms with Crippen LogP contribution in [-0.4, -0.2) is 28.9 Å². The molecular formula is C14H16N2O3. The van der Waals surface area contributed by atoms with Crippen LogP contribution in [0.15, 0.2) is 24.3 Å². The lowest BCUT2D eigenvalue weighted by atomic mass is 10.1. The van der Waals surface area contributed by atoms with E-state index in [1.165, 1.54) is 0 Å². The van der Waals surface area contributed by atoms with Gasteiger partial charge in [-0.25, -0.2) is 0 Å². The average Bonchev–Trinajstić information content (AvgIpc) is 2.39. The summed E-state index contributed by atoms with van der Waals surface area (Å²) in [5.41, 5.74) is 1.52. The van der Waals surface area contributed by atoms with Gasteiger partial charge in [-0.05, 0) is 24.1 Å². The molecule has 1 rings (SSSR count). The maximum absolute atomic E-state index is 11.7. The molecule has 0 spiro atoms. The van der Waals surface area contributed by atoms with E-state index in [-0.39, 0.29) is 18.7 Å². The highest BCUT2D eigenvalue weighted by molar-refractivity contribution is 5.76. The van der Waals surface area contributed by atoms with Gasteiger partial charge in [-0.15, -0.1) is 0 Å². The first-order chi connectivity index (χ1) is 9.02. The van der Waals surface area contributed by atoms with Gasteiger partial charge >= 0.3 is 5.97 Å². The molecule has 0 unspecified atom stereocenters. The molecule has 5 heteroatoms. The second-order valence-corrected chi connectivity index (χ2v) is 4.31. The van der Waals surface area contributed by atoms with Crippen molar-refractivity contribution in [1.29, 1.82) is 5.26 Å². The molecule has 1 aromatic rings. The van der Waals surface area contributed by atoms with Crippen molar-refractivity contribution in [2.75, 3.05) is 7.05 Å². The van der Waals surface area contributed by atoms with Gasteiger partial charge < -0.3 is 10.0 Å². The Morgan fingerprint density at radius 1 is 1.26 bits per heavy atom. The Balaban J connectivity index is 2.44. The molecule has 100 valence electrons. The number of aliphatic carboxylic acids is 1. The molecule has 5 nitrogen and oxygen atoms in total. The molecule has 1 amide bonds. The minimum atomic E-state index is -0.887. The zero-order chi connectivity index (χ0) is 14.3. The molecule has 0 aliphatic rings. The van der Waals surface area contributed by atoms with Crippen LogP contribution in [0.5, 0.6) is 0 Å². The van der Waals surface area contributed by atoms with Crippen molar-refractivity contribution in [3.8, 4) is 6.07 Å². The maximum atomic E-state index is 11.7. The SMILES string of the molecule is CN(Cc1ccc(C#N)cc1)C(=O)CCCC(=O)O. The van der Waals surface area contributed by atoms with E-state index in [0.29, 0.717) is 18.5 Å². The first-order valence-corrected chi connectivity index (χ1v) is 5.97. The van der Waals surface area contributed by atoms with Crippen molar-refractivity contribution in [2.45, 2.75) is 25.8 Å². The van der Waals surface area contributed by atoms with Crippen LogP contribution in [0.4, 0.5) is 0 Å². The maximum Gasteiger partial charge on any atom is 0.303 e. The van der Waals surface area contributed by atoms with Crippen molar-refractivity contribution in [1.82, 2.24) is 4.90 Å². The fraction of sp³-hybridized carbons (Fsp3) is 0.357. The smallest absolute Gasteiger partial charge is 0.303 e. The largest absolute Gasteiger partial charge is 0.481 e. The van der Waals surface area contributed by atoms with Gasteiger partial charge in [0.05, 0.1) is 11.6 Å². The standard InChI is InChI=1S/C14H16N2O3/c1-16(13(17)3-2-4-14(18)19)10-12-7-5-11(9-15)6-8-12/h5-8H,2-4,10H2,1H3,(H,18,19). The number of carbonyl (C=O) groups excluding carboxylic acids is 1. The van der Waals surface area contributed by atoms with Gasteiger partial charge in [0.15, 0.2) is 0 Å². The van der Waals surface area contributed by atoms with Crippen molar-refractivity contribution in [3.05, 3.63) is 35.4 Å². The Morgan fingerprint density at radius 2 is 1.89 bits per heavy atom.